The lowest BCUT2D eigenvalue weighted by atomic mass is 9.88. The van der Waals surface area contributed by atoms with Crippen molar-refractivity contribution in [3.8, 4) is 0 Å². The molecule has 2 N–H and O–H groups in total. The highest BCUT2D eigenvalue weighted by Crippen LogP contribution is 2.63. The predicted molar refractivity (Wildman–Crippen MR) is 70.0 cm³/mol. The molecule has 0 spiro atoms. The molecule has 1 amide bonds. The fraction of sp³-hybridized carbons (Fsp3) is 0.923. The summed E-state index contributed by atoms with van der Waals surface area (Å²) in [7, 11) is 0. The molecule has 0 aliphatic rings. The van der Waals surface area contributed by atoms with E-state index in [0.29, 0.717) is 5.32 Å². The molecule has 0 aromatic heterocycles. The van der Waals surface area contributed by atoms with Crippen LogP contribution >= 0.6 is 0 Å². The van der Waals surface area contributed by atoms with E-state index in [1.165, 1.54) is 0 Å². The van der Waals surface area contributed by atoms with Crippen molar-refractivity contribution < 1.29 is 84.5 Å². The zero-order chi connectivity index (χ0) is 27.3. The Labute approximate surface area is 170 Å². The maximum absolute atomic E-state index is 13.5. The number of alkyl halides is 17. The van der Waals surface area contributed by atoms with Gasteiger partial charge in [0.15, 0.2) is 0 Å². The molecule has 3 nitrogen and oxygen atoms in total. The van der Waals surface area contributed by atoms with Gasteiger partial charge in [0, 0.05) is 0 Å². The van der Waals surface area contributed by atoms with Crippen molar-refractivity contribution in [2.75, 3.05) is 6.61 Å². The molecule has 0 aliphatic heterocycles. The van der Waals surface area contributed by atoms with Gasteiger partial charge < -0.3 is 10.4 Å². The summed E-state index contributed by atoms with van der Waals surface area (Å²) in [6.45, 7) is -0.406. The zero-order valence-corrected chi connectivity index (χ0v) is 15.3. The van der Waals surface area contributed by atoms with E-state index in [1.54, 1.807) is 0 Å². The standard InChI is InChI=1S/C13H10F17NO2/c1-2-4(3-32)31-5(33)6(14,15)7(16,17)8(18,19)9(20,21)10(22,23)11(24,25)12(26,27)13(28,29)30/h4,32H,2-3H2,1H3,(H,31,33)/t4-/m0/s1. The average molecular weight is 535 g/mol. The van der Waals surface area contributed by atoms with Crippen LogP contribution < -0.4 is 5.32 Å². The van der Waals surface area contributed by atoms with Crippen molar-refractivity contribution in [3.05, 3.63) is 0 Å². The van der Waals surface area contributed by atoms with Gasteiger partial charge in [-0.05, 0) is 6.42 Å². The second kappa shape index (κ2) is 8.47. The van der Waals surface area contributed by atoms with E-state index in [0.717, 1.165) is 6.92 Å². The summed E-state index contributed by atoms with van der Waals surface area (Å²) in [5.74, 6) is -61.8. The Morgan fingerprint density at radius 2 is 0.939 bits per heavy atom. The van der Waals surface area contributed by atoms with E-state index in [1.807, 2.05) is 0 Å². The van der Waals surface area contributed by atoms with Crippen LogP contribution in [0.3, 0.4) is 0 Å². The number of rotatable bonds is 10. The first-order valence-corrected chi connectivity index (χ1v) is 7.80. The van der Waals surface area contributed by atoms with Crippen LogP contribution in [0.4, 0.5) is 74.6 Å². The molecule has 0 bridgehead atoms. The lowest BCUT2D eigenvalue weighted by Gasteiger charge is -2.42. The first kappa shape index (κ1) is 31.2. The van der Waals surface area contributed by atoms with E-state index < -0.39 is 72.6 Å². The van der Waals surface area contributed by atoms with E-state index in [-0.39, 0.29) is 0 Å². The van der Waals surface area contributed by atoms with Crippen molar-refractivity contribution in [1.82, 2.24) is 5.32 Å². The van der Waals surface area contributed by atoms with Gasteiger partial charge >= 0.3 is 47.6 Å². The molecule has 33 heavy (non-hydrogen) atoms. The van der Waals surface area contributed by atoms with Crippen LogP contribution in [-0.4, -0.2) is 71.3 Å². The highest BCUT2D eigenvalue weighted by molar-refractivity contribution is 5.85. The number of halogens is 17. The first-order valence-electron chi connectivity index (χ1n) is 7.80. The summed E-state index contributed by atoms with van der Waals surface area (Å²) >= 11 is 0. The number of carbonyl (C=O) groups is 1. The summed E-state index contributed by atoms with van der Waals surface area (Å²) < 4.78 is 222. The molecule has 0 saturated carbocycles. The maximum atomic E-state index is 13.5. The Morgan fingerprint density at radius 3 is 1.21 bits per heavy atom. The Kier molecular flexibility index (Phi) is 8.02. The summed E-state index contributed by atoms with van der Waals surface area (Å²) in [6.07, 6.45) is -8.44. The zero-order valence-electron chi connectivity index (χ0n) is 15.3. The summed E-state index contributed by atoms with van der Waals surface area (Å²) in [5.41, 5.74) is 0. The fourth-order valence-electron chi connectivity index (χ4n) is 1.86. The number of aliphatic hydroxyl groups excluding tert-OH is 1. The average Bonchev–Trinajstić information content (AvgIpc) is 2.63. The highest BCUT2D eigenvalue weighted by atomic mass is 19.4. The summed E-state index contributed by atoms with van der Waals surface area (Å²) in [4.78, 5) is 11.1. The fourth-order valence-corrected chi connectivity index (χ4v) is 1.86. The molecule has 0 unspecified atom stereocenters. The van der Waals surface area contributed by atoms with Gasteiger partial charge in [-0.15, -0.1) is 0 Å². The van der Waals surface area contributed by atoms with Crippen LogP contribution in [0.15, 0.2) is 0 Å². The summed E-state index contributed by atoms with van der Waals surface area (Å²) in [5, 5.41) is 9.31. The van der Waals surface area contributed by atoms with E-state index >= 15 is 0 Å². The van der Waals surface area contributed by atoms with Gasteiger partial charge in [-0.3, -0.25) is 4.79 Å². The van der Waals surface area contributed by atoms with Crippen LogP contribution in [0.1, 0.15) is 13.3 Å². The van der Waals surface area contributed by atoms with Gasteiger partial charge in [0.25, 0.3) is 5.91 Å². The molecule has 20 heteroatoms. The minimum atomic E-state index is -8.75. The van der Waals surface area contributed by atoms with Crippen LogP contribution in [-0.2, 0) is 4.79 Å². The monoisotopic (exact) mass is 535 g/mol. The van der Waals surface area contributed by atoms with E-state index in [4.69, 9.17) is 5.11 Å². The molecular weight excluding hydrogens is 525 g/mol. The highest BCUT2D eigenvalue weighted by Gasteiger charge is 2.95. The van der Waals surface area contributed by atoms with Gasteiger partial charge in [-0.1, -0.05) is 6.92 Å². The SMILES string of the molecule is CC[C@@H](CO)NC(=O)C(F)(F)C(F)(F)C(F)(F)C(F)(F)C(F)(F)C(F)(F)C(F)(F)C(F)(F)F. The van der Waals surface area contributed by atoms with Crippen LogP contribution in [0.25, 0.3) is 0 Å². The molecule has 0 aliphatic carbocycles. The Hall–Kier alpha value is -1.76. The second-order valence-electron chi connectivity index (χ2n) is 6.28. The number of hydrogen-bond donors (Lipinski definition) is 2. The Balaban J connectivity index is 6.67. The van der Waals surface area contributed by atoms with E-state index in [9.17, 15) is 79.4 Å². The van der Waals surface area contributed by atoms with Gasteiger partial charge in [0.1, 0.15) is 0 Å². The molecule has 0 aromatic carbocycles. The molecule has 1 atom stereocenters. The van der Waals surface area contributed by atoms with Gasteiger partial charge in [-0.2, -0.15) is 74.6 Å². The van der Waals surface area contributed by atoms with Crippen molar-refractivity contribution in [1.29, 1.82) is 0 Å². The Bertz CT molecular complexity index is 710. The van der Waals surface area contributed by atoms with Crippen molar-refractivity contribution in [2.24, 2.45) is 0 Å². The number of hydrogen-bond acceptors (Lipinski definition) is 2. The summed E-state index contributed by atoms with van der Waals surface area (Å²) in [6, 6.07) is -1.94. The predicted octanol–water partition coefficient (Wildman–Crippen LogP) is 4.88. The number of amides is 1. The first-order chi connectivity index (χ1) is 14.2. The third kappa shape index (κ3) is 4.26. The van der Waals surface area contributed by atoms with Crippen LogP contribution in [0, 0.1) is 0 Å². The topological polar surface area (TPSA) is 49.3 Å². The molecular formula is C13H10F17NO2. The normalized spacial score (nSPS) is 16.6. The Morgan fingerprint density at radius 1 is 0.636 bits per heavy atom. The largest absolute Gasteiger partial charge is 0.460 e. The van der Waals surface area contributed by atoms with Crippen molar-refractivity contribution in [3.63, 3.8) is 0 Å². The minimum absolute atomic E-state index is 0.604. The molecule has 0 fully saturated rings. The smallest absolute Gasteiger partial charge is 0.394 e. The molecule has 0 heterocycles. The number of nitrogens with one attached hydrogen (secondary N) is 1. The molecule has 0 radical (unpaired) electrons. The quantitative estimate of drug-likeness (QED) is 0.392. The molecule has 0 saturated heterocycles. The third-order valence-corrected chi connectivity index (χ3v) is 4.06. The minimum Gasteiger partial charge on any atom is -0.394 e. The molecule has 198 valence electrons. The third-order valence-electron chi connectivity index (χ3n) is 4.06. The number of aliphatic hydroxyl groups is 1. The molecule has 0 rings (SSSR count). The van der Waals surface area contributed by atoms with Crippen LogP contribution in [0.5, 0.6) is 0 Å². The van der Waals surface area contributed by atoms with E-state index in [2.05, 4.69) is 0 Å². The van der Waals surface area contributed by atoms with Gasteiger partial charge in [0.05, 0.1) is 12.6 Å². The van der Waals surface area contributed by atoms with Gasteiger partial charge in [-0.25, -0.2) is 0 Å². The van der Waals surface area contributed by atoms with Crippen LogP contribution in [0.2, 0.25) is 0 Å². The second-order valence-corrected chi connectivity index (χ2v) is 6.28. The lowest BCUT2D eigenvalue weighted by Crippen LogP contribution is -2.75. The van der Waals surface area contributed by atoms with Gasteiger partial charge in [0.2, 0.25) is 0 Å². The van der Waals surface area contributed by atoms with Crippen molar-refractivity contribution in [2.45, 2.75) is 67.0 Å². The molecule has 0 aromatic rings. The maximum Gasteiger partial charge on any atom is 0.460 e. The number of carbonyl (C=O) groups excluding carboxylic acids is 1. The van der Waals surface area contributed by atoms with Crippen molar-refractivity contribution >= 4 is 5.91 Å². The lowest BCUT2D eigenvalue weighted by molar-refractivity contribution is -0.459.